The number of aromatic nitrogens is 1. The van der Waals surface area contributed by atoms with Gasteiger partial charge in [0, 0.05) is 22.4 Å². The number of thiazole rings is 1. The van der Waals surface area contributed by atoms with Gasteiger partial charge in [-0.1, -0.05) is 0 Å². The highest BCUT2D eigenvalue weighted by Gasteiger charge is 2.35. The molecule has 0 bridgehead atoms. The van der Waals surface area contributed by atoms with Gasteiger partial charge < -0.3 is 9.32 Å². The Morgan fingerprint density at radius 1 is 1.33 bits per heavy atom. The zero-order chi connectivity index (χ0) is 18.9. The maximum atomic E-state index is 13.0. The number of hydrogen-bond donors (Lipinski definition) is 0. The summed E-state index contributed by atoms with van der Waals surface area (Å²) in [6.45, 7) is 0.271. The molecule has 3 aromatic heterocycles. The topological polar surface area (TPSA) is 80.5 Å². The van der Waals surface area contributed by atoms with E-state index in [4.69, 9.17) is 4.42 Å². The first kappa shape index (κ1) is 18.4. The monoisotopic (exact) mass is 422 g/mol. The molecule has 0 N–H and O–H groups in total. The fourth-order valence-corrected chi connectivity index (χ4v) is 6.44. The second kappa shape index (κ2) is 7.57. The molecule has 0 unspecified atom stereocenters. The van der Waals surface area contributed by atoms with Gasteiger partial charge in [-0.15, -0.1) is 11.3 Å². The molecule has 0 aromatic carbocycles. The summed E-state index contributed by atoms with van der Waals surface area (Å²) in [4.78, 5) is 19.2. The molecule has 1 aliphatic heterocycles. The number of hydrogen-bond acceptors (Lipinski definition) is 7. The first-order valence-electron chi connectivity index (χ1n) is 8.49. The molecule has 0 radical (unpaired) electrons. The van der Waals surface area contributed by atoms with E-state index in [1.807, 2.05) is 22.2 Å². The fraction of sp³-hybridized carbons (Fsp3) is 0.333. The van der Waals surface area contributed by atoms with Crippen molar-refractivity contribution in [2.24, 2.45) is 0 Å². The summed E-state index contributed by atoms with van der Waals surface area (Å²) >= 11 is 3.11. The molecule has 142 valence electrons. The SMILES string of the molecule is O=C(Cc1csc(-c2ccsc2)n1)N(Cc1ccco1)[C@H]1CCS(=O)(=O)C1. The second-order valence-electron chi connectivity index (χ2n) is 6.49. The lowest BCUT2D eigenvalue weighted by atomic mass is 10.2. The minimum absolute atomic E-state index is 0.0106. The van der Waals surface area contributed by atoms with Crippen LogP contribution in [-0.4, -0.2) is 41.8 Å². The van der Waals surface area contributed by atoms with E-state index in [9.17, 15) is 13.2 Å². The molecule has 0 saturated carbocycles. The normalized spacial score (nSPS) is 18.6. The summed E-state index contributed by atoms with van der Waals surface area (Å²) in [6.07, 6.45) is 2.17. The van der Waals surface area contributed by atoms with Crippen LogP contribution in [-0.2, 0) is 27.6 Å². The molecule has 1 atom stereocenters. The van der Waals surface area contributed by atoms with Gasteiger partial charge in [-0.2, -0.15) is 11.3 Å². The van der Waals surface area contributed by atoms with Crippen LogP contribution in [0.2, 0.25) is 0 Å². The average molecular weight is 423 g/mol. The van der Waals surface area contributed by atoms with Crippen molar-refractivity contribution in [3.63, 3.8) is 0 Å². The molecule has 4 heterocycles. The van der Waals surface area contributed by atoms with E-state index in [0.29, 0.717) is 17.9 Å². The molecule has 0 spiro atoms. The van der Waals surface area contributed by atoms with Crippen LogP contribution in [0.15, 0.2) is 45.0 Å². The van der Waals surface area contributed by atoms with Crippen LogP contribution in [0, 0.1) is 0 Å². The Morgan fingerprint density at radius 3 is 2.89 bits per heavy atom. The Bertz CT molecular complexity index is 1010. The molecule has 9 heteroatoms. The maximum Gasteiger partial charge on any atom is 0.229 e. The summed E-state index contributed by atoms with van der Waals surface area (Å²) in [7, 11) is -3.09. The average Bonchev–Trinajstić information content (AvgIpc) is 3.40. The van der Waals surface area contributed by atoms with Gasteiger partial charge in [0.1, 0.15) is 10.8 Å². The molecule has 27 heavy (non-hydrogen) atoms. The van der Waals surface area contributed by atoms with Gasteiger partial charge in [0.15, 0.2) is 9.84 Å². The smallest absolute Gasteiger partial charge is 0.229 e. The second-order valence-corrected chi connectivity index (χ2v) is 10.4. The summed E-state index contributed by atoms with van der Waals surface area (Å²) in [5.41, 5.74) is 1.76. The van der Waals surface area contributed by atoms with Gasteiger partial charge in [-0.25, -0.2) is 13.4 Å². The van der Waals surface area contributed by atoms with Crippen molar-refractivity contribution in [1.29, 1.82) is 0 Å². The highest BCUT2D eigenvalue weighted by Crippen LogP contribution is 2.27. The van der Waals surface area contributed by atoms with Gasteiger partial charge in [-0.05, 0) is 30.0 Å². The third kappa shape index (κ3) is 4.31. The van der Waals surface area contributed by atoms with Crippen molar-refractivity contribution in [2.75, 3.05) is 11.5 Å². The minimum Gasteiger partial charge on any atom is -0.467 e. The zero-order valence-electron chi connectivity index (χ0n) is 14.4. The van der Waals surface area contributed by atoms with Gasteiger partial charge in [-0.3, -0.25) is 4.79 Å². The molecule has 3 aromatic rings. The largest absolute Gasteiger partial charge is 0.467 e. The van der Waals surface area contributed by atoms with Crippen molar-refractivity contribution < 1.29 is 17.6 Å². The lowest BCUT2D eigenvalue weighted by molar-refractivity contribution is -0.133. The van der Waals surface area contributed by atoms with Crippen LogP contribution < -0.4 is 0 Å². The Hall–Kier alpha value is -1.97. The van der Waals surface area contributed by atoms with Crippen LogP contribution in [0.25, 0.3) is 10.6 Å². The van der Waals surface area contributed by atoms with Crippen LogP contribution in [0.3, 0.4) is 0 Å². The van der Waals surface area contributed by atoms with E-state index in [1.165, 1.54) is 11.3 Å². The van der Waals surface area contributed by atoms with Crippen molar-refractivity contribution >= 4 is 38.4 Å². The molecule has 6 nitrogen and oxygen atoms in total. The number of thiophene rings is 1. The summed E-state index contributed by atoms with van der Waals surface area (Å²) in [6, 6.07) is 5.24. The molecular formula is C18H18N2O4S3. The number of carbonyl (C=O) groups excluding carboxylic acids is 1. The first-order chi connectivity index (χ1) is 13.0. The lowest BCUT2D eigenvalue weighted by Crippen LogP contribution is -2.41. The van der Waals surface area contributed by atoms with Crippen LogP contribution in [0.4, 0.5) is 0 Å². The number of carbonyl (C=O) groups is 1. The van der Waals surface area contributed by atoms with Crippen LogP contribution in [0.1, 0.15) is 17.9 Å². The van der Waals surface area contributed by atoms with Crippen molar-refractivity contribution in [3.05, 3.63) is 52.1 Å². The van der Waals surface area contributed by atoms with Gasteiger partial charge in [0.25, 0.3) is 0 Å². The number of furan rings is 1. The Kier molecular flexibility index (Phi) is 5.16. The standard InChI is InChI=1S/C18H18N2O4S3/c21-17(8-14-11-26-18(19-14)13-3-6-25-10-13)20(9-16-2-1-5-24-16)15-4-7-27(22,23)12-15/h1-3,5-6,10-11,15H,4,7-9,12H2/t15-/m0/s1. The Balaban J connectivity index is 1.51. The predicted molar refractivity (Wildman–Crippen MR) is 105 cm³/mol. The van der Waals surface area contributed by atoms with Gasteiger partial charge in [0.2, 0.25) is 5.91 Å². The molecule has 1 saturated heterocycles. The fourth-order valence-electron chi connectivity index (χ4n) is 3.18. The third-order valence-corrected chi connectivity index (χ3v) is 7.90. The van der Waals surface area contributed by atoms with E-state index < -0.39 is 9.84 Å². The molecule has 1 fully saturated rings. The van der Waals surface area contributed by atoms with E-state index in [2.05, 4.69) is 4.98 Å². The third-order valence-electron chi connectivity index (χ3n) is 4.53. The van der Waals surface area contributed by atoms with E-state index in [1.54, 1.807) is 34.6 Å². The van der Waals surface area contributed by atoms with Crippen molar-refractivity contribution in [3.8, 4) is 10.6 Å². The Labute approximate surface area is 165 Å². The molecule has 1 amide bonds. The number of nitrogens with zero attached hydrogens (tertiary/aromatic N) is 2. The number of rotatable bonds is 6. The quantitative estimate of drug-likeness (QED) is 0.609. The molecule has 0 aliphatic carbocycles. The summed E-state index contributed by atoms with van der Waals surface area (Å²) < 4.78 is 29.2. The number of sulfone groups is 1. The highest BCUT2D eigenvalue weighted by molar-refractivity contribution is 7.91. The van der Waals surface area contributed by atoms with E-state index in [0.717, 1.165) is 10.6 Å². The van der Waals surface area contributed by atoms with Crippen LogP contribution >= 0.6 is 22.7 Å². The van der Waals surface area contributed by atoms with Crippen molar-refractivity contribution in [1.82, 2.24) is 9.88 Å². The number of amides is 1. The molecular weight excluding hydrogens is 404 g/mol. The van der Waals surface area contributed by atoms with E-state index >= 15 is 0 Å². The molecule has 1 aliphatic rings. The minimum atomic E-state index is -3.09. The highest BCUT2D eigenvalue weighted by atomic mass is 32.2. The van der Waals surface area contributed by atoms with Crippen LogP contribution in [0.5, 0.6) is 0 Å². The zero-order valence-corrected chi connectivity index (χ0v) is 16.9. The Morgan fingerprint density at radius 2 is 2.22 bits per heavy atom. The molecule has 4 rings (SSSR count). The first-order valence-corrected chi connectivity index (χ1v) is 12.1. The van der Waals surface area contributed by atoms with E-state index in [-0.39, 0.29) is 36.4 Å². The van der Waals surface area contributed by atoms with Gasteiger partial charge >= 0.3 is 0 Å². The van der Waals surface area contributed by atoms with Crippen molar-refractivity contribution in [2.45, 2.75) is 25.4 Å². The summed E-state index contributed by atoms with van der Waals surface area (Å²) in [5.74, 6) is 0.649. The lowest BCUT2D eigenvalue weighted by Gasteiger charge is -2.27. The summed E-state index contributed by atoms with van der Waals surface area (Å²) in [5, 5.41) is 6.80. The van der Waals surface area contributed by atoms with Gasteiger partial charge in [0.05, 0.1) is 36.4 Å². The maximum absolute atomic E-state index is 13.0. The predicted octanol–water partition coefficient (Wildman–Crippen LogP) is 3.22.